The van der Waals surface area contributed by atoms with Gasteiger partial charge in [0, 0.05) is 12.6 Å². The molecule has 2 N–H and O–H groups in total. The minimum atomic E-state index is -0.293. The van der Waals surface area contributed by atoms with E-state index < -0.39 is 0 Å². The molecule has 0 spiro atoms. The Balaban J connectivity index is 2.49. The second kappa shape index (κ2) is 7.02. The second-order valence-corrected chi connectivity index (χ2v) is 6.39. The molecule has 0 amide bonds. The van der Waals surface area contributed by atoms with Gasteiger partial charge in [0.1, 0.15) is 0 Å². The van der Waals surface area contributed by atoms with Crippen molar-refractivity contribution in [2.24, 2.45) is 5.41 Å². The fourth-order valence-electron chi connectivity index (χ4n) is 3.47. The van der Waals surface area contributed by atoms with Gasteiger partial charge in [-0.2, -0.15) is 0 Å². The predicted molar refractivity (Wildman–Crippen MR) is 91.9 cm³/mol. The molecule has 23 heavy (non-hydrogen) atoms. The summed E-state index contributed by atoms with van der Waals surface area (Å²) >= 11 is 0. The first-order valence-electron chi connectivity index (χ1n) is 8.37. The Hall–Kier alpha value is -2.04. The number of hydrogen-bond donors (Lipinski definition) is 2. The highest BCUT2D eigenvalue weighted by Gasteiger charge is 2.27. The van der Waals surface area contributed by atoms with E-state index in [2.05, 4.69) is 25.8 Å². The van der Waals surface area contributed by atoms with Gasteiger partial charge < -0.3 is 10.2 Å². The van der Waals surface area contributed by atoms with Crippen LogP contribution in [-0.2, 0) is 6.54 Å². The molecular formula is C18H26N2O3. The lowest BCUT2D eigenvalue weighted by atomic mass is 9.77. The summed E-state index contributed by atoms with van der Waals surface area (Å²) < 4.78 is 1.65. The van der Waals surface area contributed by atoms with E-state index in [1.165, 1.54) is 12.1 Å². The topological polar surface area (TPSA) is 75.3 Å². The van der Waals surface area contributed by atoms with E-state index in [1.807, 2.05) is 0 Å². The summed E-state index contributed by atoms with van der Waals surface area (Å²) in [5.41, 5.74) is 0.326. The van der Waals surface area contributed by atoms with Crippen LogP contribution < -0.4 is 5.56 Å². The molecule has 0 atom stereocenters. The number of aromatic hydroxyl groups is 2. The smallest absolute Gasteiger partial charge is 0.261 e. The molecule has 1 aromatic heterocycles. The van der Waals surface area contributed by atoms with Gasteiger partial charge in [-0.25, -0.2) is 4.98 Å². The van der Waals surface area contributed by atoms with Crippen molar-refractivity contribution in [3.8, 4) is 11.5 Å². The number of aromatic nitrogens is 2. The number of fused-ring (bicyclic) bond motifs is 1. The van der Waals surface area contributed by atoms with Crippen LogP contribution in [0.2, 0.25) is 0 Å². The van der Waals surface area contributed by atoms with Crippen LogP contribution in [0.3, 0.4) is 0 Å². The SMILES string of the molecule is CCCC(CC)(CCC)Cn1cnc2cc(O)c(O)cc2c1=O. The highest BCUT2D eigenvalue weighted by molar-refractivity contribution is 5.81. The van der Waals surface area contributed by atoms with Crippen molar-refractivity contribution in [1.82, 2.24) is 9.55 Å². The minimum Gasteiger partial charge on any atom is -0.504 e. The summed E-state index contributed by atoms with van der Waals surface area (Å²) in [5.74, 6) is -0.556. The summed E-state index contributed by atoms with van der Waals surface area (Å²) in [4.78, 5) is 17.0. The highest BCUT2D eigenvalue weighted by Crippen LogP contribution is 2.35. The fraction of sp³-hybridized carbons (Fsp3) is 0.556. The van der Waals surface area contributed by atoms with Gasteiger partial charge >= 0.3 is 0 Å². The van der Waals surface area contributed by atoms with Crippen LogP contribution >= 0.6 is 0 Å². The number of hydrogen-bond acceptors (Lipinski definition) is 4. The van der Waals surface area contributed by atoms with Gasteiger partial charge in [-0.1, -0.05) is 33.6 Å². The normalized spacial score (nSPS) is 12.0. The van der Waals surface area contributed by atoms with Crippen molar-refractivity contribution in [3.63, 3.8) is 0 Å². The van der Waals surface area contributed by atoms with E-state index in [1.54, 1.807) is 10.9 Å². The Morgan fingerprint density at radius 2 is 1.70 bits per heavy atom. The number of rotatable bonds is 7. The van der Waals surface area contributed by atoms with Gasteiger partial charge in [-0.15, -0.1) is 0 Å². The largest absolute Gasteiger partial charge is 0.504 e. The summed E-state index contributed by atoms with van der Waals surface area (Å²) in [6, 6.07) is 2.62. The van der Waals surface area contributed by atoms with Gasteiger partial charge in [0.2, 0.25) is 0 Å². The van der Waals surface area contributed by atoms with E-state index in [0.29, 0.717) is 17.4 Å². The van der Waals surface area contributed by atoms with Crippen LogP contribution in [0.5, 0.6) is 11.5 Å². The molecule has 0 fully saturated rings. The van der Waals surface area contributed by atoms with Crippen molar-refractivity contribution < 1.29 is 10.2 Å². The van der Waals surface area contributed by atoms with Gasteiger partial charge in [0.25, 0.3) is 5.56 Å². The minimum absolute atomic E-state index is 0.0989. The lowest BCUT2D eigenvalue weighted by Crippen LogP contribution is -2.32. The van der Waals surface area contributed by atoms with E-state index in [0.717, 1.165) is 32.1 Å². The standard InChI is InChI=1S/C18H26N2O3/c1-4-7-18(6-3,8-5-2)11-20-12-19-14-10-16(22)15(21)9-13(14)17(20)23/h9-10,12,21-22H,4-8,11H2,1-3H3. The third-order valence-electron chi connectivity index (χ3n) is 4.74. The lowest BCUT2D eigenvalue weighted by molar-refractivity contribution is 0.183. The van der Waals surface area contributed by atoms with E-state index in [4.69, 9.17) is 0 Å². The number of phenolic OH excluding ortho intramolecular Hbond substituents is 2. The number of nitrogens with zero attached hydrogens (tertiary/aromatic N) is 2. The average Bonchev–Trinajstić information content (AvgIpc) is 2.52. The monoisotopic (exact) mass is 318 g/mol. The maximum atomic E-state index is 12.7. The Labute approximate surface area is 136 Å². The summed E-state index contributed by atoms with van der Waals surface area (Å²) in [6.45, 7) is 7.15. The van der Waals surface area contributed by atoms with Crippen molar-refractivity contribution in [2.45, 2.75) is 59.4 Å². The Morgan fingerprint density at radius 1 is 1.09 bits per heavy atom. The first-order chi connectivity index (χ1) is 11.0. The third-order valence-corrected chi connectivity index (χ3v) is 4.74. The average molecular weight is 318 g/mol. The van der Waals surface area contributed by atoms with Crippen LogP contribution in [0, 0.1) is 5.41 Å². The summed E-state index contributed by atoms with van der Waals surface area (Å²) in [7, 11) is 0. The quantitative estimate of drug-likeness (QED) is 0.761. The van der Waals surface area contributed by atoms with Crippen LogP contribution in [0.15, 0.2) is 23.3 Å². The predicted octanol–water partition coefficient (Wildman–Crippen LogP) is 3.80. The first kappa shape index (κ1) is 17.3. The molecule has 0 saturated carbocycles. The highest BCUT2D eigenvalue weighted by atomic mass is 16.3. The lowest BCUT2D eigenvalue weighted by Gasteiger charge is -2.33. The van der Waals surface area contributed by atoms with Crippen LogP contribution in [0.1, 0.15) is 52.9 Å². The zero-order chi connectivity index (χ0) is 17.0. The maximum absolute atomic E-state index is 12.7. The van der Waals surface area contributed by atoms with Crippen molar-refractivity contribution in [2.75, 3.05) is 0 Å². The van der Waals surface area contributed by atoms with Gasteiger partial charge in [-0.3, -0.25) is 9.36 Å². The van der Waals surface area contributed by atoms with E-state index in [9.17, 15) is 15.0 Å². The Morgan fingerprint density at radius 3 is 2.26 bits per heavy atom. The molecule has 0 aliphatic heterocycles. The molecular weight excluding hydrogens is 292 g/mol. The molecule has 0 unspecified atom stereocenters. The van der Waals surface area contributed by atoms with Crippen LogP contribution in [-0.4, -0.2) is 19.8 Å². The van der Waals surface area contributed by atoms with Crippen molar-refractivity contribution >= 4 is 10.9 Å². The zero-order valence-electron chi connectivity index (χ0n) is 14.2. The fourth-order valence-corrected chi connectivity index (χ4v) is 3.47. The first-order valence-corrected chi connectivity index (χ1v) is 8.37. The molecule has 0 aliphatic rings. The number of phenols is 2. The second-order valence-electron chi connectivity index (χ2n) is 6.39. The third kappa shape index (κ3) is 3.49. The van der Waals surface area contributed by atoms with Crippen LogP contribution in [0.25, 0.3) is 10.9 Å². The van der Waals surface area contributed by atoms with Crippen molar-refractivity contribution in [1.29, 1.82) is 0 Å². The molecule has 5 nitrogen and oxygen atoms in total. The van der Waals surface area contributed by atoms with Gasteiger partial charge in [0.15, 0.2) is 11.5 Å². The number of benzene rings is 1. The molecule has 0 radical (unpaired) electrons. The Kier molecular flexibility index (Phi) is 5.29. The van der Waals surface area contributed by atoms with Gasteiger partial charge in [-0.05, 0) is 30.7 Å². The molecule has 126 valence electrons. The molecule has 2 rings (SSSR count). The van der Waals surface area contributed by atoms with Gasteiger partial charge in [0.05, 0.1) is 17.2 Å². The molecule has 1 heterocycles. The van der Waals surface area contributed by atoms with E-state index >= 15 is 0 Å². The molecule has 0 aliphatic carbocycles. The molecule has 1 aromatic carbocycles. The summed E-state index contributed by atoms with van der Waals surface area (Å²) in [6.07, 6.45) is 6.87. The Bertz CT molecular complexity index is 731. The maximum Gasteiger partial charge on any atom is 0.261 e. The summed E-state index contributed by atoms with van der Waals surface area (Å²) in [5, 5.41) is 19.5. The van der Waals surface area contributed by atoms with E-state index in [-0.39, 0.29) is 22.5 Å². The molecule has 0 saturated heterocycles. The molecule has 2 aromatic rings. The zero-order valence-corrected chi connectivity index (χ0v) is 14.2. The molecule has 5 heteroatoms. The molecule has 0 bridgehead atoms. The van der Waals surface area contributed by atoms with Crippen LogP contribution in [0.4, 0.5) is 0 Å². The van der Waals surface area contributed by atoms with Crippen molar-refractivity contribution in [3.05, 3.63) is 28.8 Å².